The maximum Gasteiger partial charge on any atom is 0.0597 e. The molecule has 66 valence electrons. The molecular formula is C9H18O2. The van der Waals surface area contributed by atoms with Crippen LogP contribution in [-0.4, -0.2) is 25.9 Å². The van der Waals surface area contributed by atoms with Gasteiger partial charge < -0.3 is 9.47 Å². The van der Waals surface area contributed by atoms with E-state index in [-0.39, 0.29) is 0 Å². The minimum atomic E-state index is 0.375. The third kappa shape index (κ3) is 2.80. The number of hydrogen-bond donors (Lipinski definition) is 0. The van der Waals surface area contributed by atoms with Crippen LogP contribution in [0.4, 0.5) is 0 Å². The molecule has 0 N–H and O–H groups in total. The lowest BCUT2D eigenvalue weighted by atomic mass is 9.97. The van der Waals surface area contributed by atoms with Crippen molar-refractivity contribution in [3.63, 3.8) is 0 Å². The Morgan fingerprint density at radius 3 is 3.00 bits per heavy atom. The first-order valence-electron chi connectivity index (χ1n) is 4.54. The van der Waals surface area contributed by atoms with Crippen molar-refractivity contribution in [2.75, 3.05) is 19.8 Å². The third-order valence-electron chi connectivity index (χ3n) is 2.29. The second-order valence-corrected chi connectivity index (χ2v) is 3.14. The zero-order valence-electron chi connectivity index (χ0n) is 7.51. The summed E-state index contributed by atoms with van der Waals surface area (Å²) in [7, 11) is 0. The molecule has 2 atom stereocenters. The fraction of sp³-hybridized carbons (Fsp3) is 1.00. The van der Waals surface area contributed by atoms with Gasteiger partial charge in [0.15, 0.2) is 0 Å². The molecule has 0 radical (unpaired) electrons. The number of ether oxygens (including phenoxy) is 2. The van der Waals surface area contributed by atoms with Gasteiger partial charge in [0.1, 0.15) is 0 Å². The molecule has 2 nitrogen and oxygen atoms in total. The van der Waals surface area contributed by atoms with E-state index in [1.807, 2.05) is 6.92 Å². The summed E-state index contributed by atoms with van der Waals surface area (Å²) in [6.07, 6.45) is 2.84. The molecule has 1 rings (SSSR count). The summed E-state index contributed by atoms with van der Waals surface area (Å²) >= 11 is 0. The van der Waals surface area contributed by atoms with E-state index in [2.05, 4.69) is 6.92 Å². The first-order valence-corrected chi connectivity index (χ1v) is 4.54. The zero-order valence-corrected chi connectivity index (χ0v) is 7.51. The van der Waals surface area contributed by atoms with Crippen LogP contribution in [0, 0.1) is 5.92 Å². The van der Waals surface area contributed by atoms with Crippen LogP contribution in [0.1, 0.15) is 26.7 Å². The van der Waals surface area contributed by atoms with E-state index in [0.717, 1.165) is 19.8 Å². The topological polar surface area (TPSA) is 18.5 Å². The number of hydrogen-bond acceptors (Lipinski definition) is 2. The molecule has 1 aliphatic rings. The van der Waals surface area contributed by atoms with Crippen molar-refractivity contribution in [3.05, 3.63) is 0 Å². The van der Waals surface area contributed by atoms with Gasteiger partial charge in [-0.3, -0.25) is 0 Å². The lowest BCUT2D eigenvalue weighted by Crippen LogP contribution is -2.29. The van der Waals surface area contributed by atoms with Crippen molar-refractivity contribution < 1.29 is 9.47 Å². The first kappa shape index (κ1) is 9.01. The largest absolute Gasteiger partial charge is 0.381 e. The Labute approximate surface area is 68.9 Å². The summed E-state index contributed by atoms with van der Waals surface area (Å²) in [6, 6.07) is 0. The van der Waals surface area contributed by atoms with Crippen LogP contribution in [-0.2, 0) is 9.47 Å². The molecule has 0 bridgehead atoms. The Kier molecular flexibility index (Phi) is 3.87. The van der Waals surface area contributed by atoms with E-state index in [9.17, 15) is 0 Å². The van der Waals surface area contributed by atoms with Crippen molar-refractivity contribution in [2.45, 2.75) is 32.8 Å². The Balaban J connectivity index is 2.21. The monoisotopic (exact) mass is 158 g/mol. The van der Waals surface area contributed by atoms with Crippen molar-refractivity contribution in [1.29, 1.82) is 0 Å². The van der Waals surface area contributed by atoms with Gasteiger partial charge in [0, 0.05) is 19.1 Å². The summed E-state index contributed by atoms with van der Waals surface area (Å²) in [5.41, 5.74) is 0. The summed E-state index contributed by atoms with van der Waals surface area (Å²) in [6.45, 7) is 6.83. The Hall–Kier alpha value is -0.0800. The highest BCUT2D eigenvalue weighted by Gasteiger charge is 2.20. The second kappa shape index (κ2) is 4.73. The smallest absolute Gasteiger partial charge is 0.0597 e. The van der Waals surface area contributed by atoms with E-state index < -0.39 is 0 Å². The minimum absolute atomic E-state index is 0.375. The van der Waals surface area contributed by atoms with Crippen LogP contribution < -0.4 is 0 Å². The van der Waals surface area contributed by atoms with Crippen molar-refractivity contribution in [3.8, 4) is 0 Å². The molecule has 0 aromatic carbocycles. The van der Waals surface area contributed by atoms with Crippen LogP contribution in [0.3, 0.4) is 0 Å². The molecule has 1 fully saturated rings. The molecule has 2 unspecified atom stereocenters. The molecular weight excluding hydrogens is 140 g/mol. The molecule has 0 aromatic heterocycles. The summed E-state index contributed by atoms with van der Waals surface area (Å²) in [4.78, 5) is 0. The highest BCUT2D eigenvalue weighted by Crippen LogP contribution is 2.19. The van der Waals surface area contributed by atoms with E-state index in [0.29, 0.717) is 12.0 Å². The predicted octanol–water partition coefficient (Wildman–Crippen LogP) is 1.84. The lowest BCUT2D eigenvalue weighted by Gasteiger charge is -2.27. The van der Waals surface area contributed by atoms with Gasteiger partial charge in [-0.25, -0.2) is 0 Å². The van der Waals surface area contributed by atoms with Crippen molar-refractivity contribution in [2.24, 2.45) is 5.92 Å². The molecule has 0 amide bonds. The maximum atomic E-state index is 5.50. The van der Waals surface area contributed by atoms with Gasteiger partial charge in [0.25, 0.3) is 0 Å². The van der Waals surface area contributed by atoms with E-state index in [4.69, 9.17) is 9.47 Å². The summed E-state index contributed by atoms with van der Waals surface area (Å²) < 4.78 is 10.9. The molecule has 11 heavy (non-hydrogen) atoms. The molecule has 1 saturated heterocycles. The quantitative estimate of drug-likeness (QED) is 0.624. The van der Waals surface area contributed by atoms with E-state index >= 15 is 0 Å². The van der Waals surface area contributed by atoms with Gasteiger partial charge in [-0.2, -0.15) is 0 Å². The van der Waals surface area contributed by atoms with E-state index in [1.54, 1.807) is 0 Å². The molecule has 1 heterocycles. The van der Waals surface area contributed by atoms with Crippen LogP contribution >= 0.6 is 0 Å². The molecule has 0 spiro atoms. The predicted molar refractivity (Wildman–Crippen MR) is 44.6 cm³/mol. The molecule has 1 aliphatic heterocycles. The SMILES string of the molecule is CCOC(C)C1CCCOC1. The van der Waals surface area contributed by atoms with Crippen LogP contribution in [0.25, 0.3) is 0 Å². The fourth-order valence-electron chi connectivity index (χ4n) is 1.53. The third-order valence-corrected chi connectivity index (χ3v) is 2.29. The maximum absolute atomic E-state index is 5.50. The van der Waals surface area contributed by atoms with Crippen LogP contribution in [0.15, 0.2) is 0 Å². The normalized spacial score (nSPS) is 28.4. The lowest BCUT2D eigenvalue weighted by molar-refractivity contribution is -0.0346. The highest BCUT2D eigenvalue weighted by molar-refractivity contribution is 4.69. The molecule has 0 aliphatic carbocycles. The van der Waals surface area contributed by atoms with Gasteiger partial charge in [-0.05, 0) is 26.7 Å². The average Bonchev–Trinajstić information content (AvgIpc) is 2.07. The van der Waals surface area contributed by atoms with Crippen LogP contribution in [0.2, 0.25) is 0 Å². The number of rotatable bonds is 3. The van der Waals surface area contributed by atoms with Gasteiger partial charge in [-0.15, -0.1) is 0 Å². The van der Waals surface area contributed by atoms with Crippen molar-refractivity contribution >= 4 is 0 Å². The van der Waals surface area contributed by atoms with E-state index in [1.165, 1.54) is 12.8 Å². The minimum Gasteiger partial charge on any atom is -0.381 e. The average molecular weight is 158 g/mol. The highest BCUT2D eigenvalue weighted by atomic mass is 16.5. The standard InChI is InChI=1S/C9H18O2/c1-3-11-8(2)9-5-4-6-10-7-9/h8-9H,3-7H2,1-2H3. The fourth-order valence-corrected chi connectivity index (χ4v) is 1.53. The second-order valence-electron chi connectivity index (χ2n) is 3.14. The Bertz CT molecular complexity index is 97.7. The van der Waals surface area contributed by atoms with Gasteiger partial charge >= 0.3 is 0 Å². The van der Waals surface area contributed by atoms with Crippen LogP contribution in [0.5, 0.6) is 0 Å². The van der Waals surface area contributed by atoms with Gasteiger partial charge in [0.05, 0.1) is 12.7 Å². The Morgan fingerprint density at radius 1 is 1.64 bits per heavy atom. The van der Waals surface area contributed by atoms with Crippen molar-refractivity contribution in [1.82, 2.24) is 0 Å². The Morgan fingerprint density at radius 2 is 2.45 bits per heavy atom. The molecule has 2 heteroatoms. The first-order chi connectivity index (χ1) is 5.34. The molecule has 0 aromatic rings. The van der Waals surface area contributed by atoms with Gasteiger partial charge in [0.2, 0.25) is 0 Å². The summed E-state index contributed by atoms with van der Waals surface area (Å²) in [5, 5.41) is 0. The zero-order chi connectivity index (χ0) is 8.10. The van der Waals surface area contributed by atoms with Gasteiger partial charge in [-0.1, -0.05) is 0 Å². The summed E-state index contributed by atoms with van der Waals surface area (Å²) in [5.74, 6) is 0.628. The molecule has 0 saturated carbocycles.